The number of halogens is 1. The highest BCUT2D eigenvalue weighted by molar-refractivity contribution is 9.10. The number of nitro groups is 1. The van der Waals surface area contributed by atoms with Crippen LogP contribution in [0.25, 0.3) is 22.0 Å². The number of hydrazone groups is 1. The van der Waals surface area contributed by atoms with E-state index in [4.69, 9.17) is 5.10 Å². The average molecular weight is 593 g/mol. The molecule has 6 rings (SSSR count). The number of carbonyl (C=O) groups excluding carboxylic acids is 1. The van der Waals surface area contributed by atoms with Gasteiger partial charge in [0.15, 0.2) is 0 Å². The number of rotatable bonds is 5. The number of carbonyl (C=O) groups is 1. The van der Waals surface area contributed by atoms with Crippen LogP contribution in [0.2, 0.25) is 0 Å². The van der Waals surface area contributed by atoms with Crippen molar-refractivity contribution in [2.75, 3.05) is 0 Å². The van der Waals surface area contributed by atoms with Gasteiger partial charge in [-0.05, 0) is 41.5 Å². The molecule has 0 radical (unpaired) electrons. The van der Waals surface area contributed by atoms with E-state index in [1.54, 1.807) is 36.4 Å². The maximum Gasteiger partial charge on any atom is 0.274 e. The van der Waals surface area contributed by atoms with Crippen LogP contribution in [0, 0.1) is 10.1 Å². The third-order valence-corrected chi connectivity index (χ3v) is 7.43. The highest BCUT2D eigenvalue weighted by Crippen LogP contribution is 2.38. The number of H-pyrrole nitrogens is 1. The van der Waals surface area contributed by atoms with E-state index >= 15 is 0 Å². The molecule has 1 amide bonds. The van der Waals surface area contributed by atoms with Gasteiger partial charge in [0.25, 0.3) is 17.2 Å². The molecule has 0 fully saturated rings. The Labute approximate surface area is 236 Å². The van der Waals surface area contributed by atoms with Gasteiger partial charge in [-0.3, -0.25) is 19.7 Å². The number of nitrogens with one attached hydrogen (secondary N) is 1. The van der Waals surface area contributed by atoms with E-state index in [-0.39, 0.29) is 23.6 Å². The highest BCUT2D eigenvalue weighted by Gasteiger charge is 2.36. The van der Waals surface area contributed by atoms with Gasteiger partial charge in [0.1, 0.15) is 0 Å². The van der Waals surface area contributed by atoms with Gasteiger partial charge < -0.3 is 4.98 Å². The van der Waals surface area contributed by atoms with Gasteiger partial charge in [0.2, 0.25) is 0 Å². The SMILES string of the molecule is O=C(c1ccccc1)N1N=C(c2c(-c3ccccc3)c3cc(Br)ccc3[nH]c2=O)CC1c1cccc([N+](=O)[O-])c1. The minimum atomic E-state index is -0.649. The Bertz CT molecular complexity index is 1870. The monoisotopic (exact) mass is 592 g/mol. The summed E-state index contributed by atoms with van der Waals surface area (Å²) in [4.78, 5) is 41.5. The zero-order chi connectivity index (χ0) is 27.8. The summed E-state index contributed by atoms with van der Waals surface area (Å²) in [5.41, 5.74) is 3.53. The summed E-state index contributed by atoms with van der Waals surface area (Å²) < 4.78 is 0.846. The topological polar surface area (TPSA) is 109 Å². The maximum absolute atomic E-state index is 13.7. The summed E-state index contributed by atoms with van der Waals surface area (Å²) in [6.07, 6.45) is 0.197. The fourth-order valence-corrected chi connectivity index (χ4v) is 5.47. The first kappa shape index (κ1) is 25.4. The lowest BCUT2D eigenvalue weighted by Crippen LogP contribution is -2.27. The zero-order valence-corrected chi connectivity index (χ0v) is 22.5. The molecule has 1 N–H and O–H groups in total. The number of pyridine rings is 1. The molecule has 0 aliphatic carbocycles. The van der Waals surface area contributed by atoms with E-state index in [0.717, 1.165) is 15.4 Å². The van der Waals surface area contributed by atoms with Crippen molar-refractivity contribution in [2.45, 2.75) is 12.5 Å². The lowest BCUT2D eigenvalue weighted by atomic mass is 9.91. The molecule has 1 aromatic heterocycles. The minimum Gasteiger partial charge on any atom is -0.321 e. The third-order valence-electron chi connectivity index (χ3n) is 6.93. The van der Waals surface area contributed by atoms with Gasteiger partial charge in [-0.1, -0.05) is 76.6 Å². The van der Waals surface area contributed by atoms with Crippen LogP contribution in [0.5, 0.6) is 0 Å². The molecule has 4 aromatic carbocycles. The van der Waals surface area contributed by atoms with E-state index in [9.17, 15) is 19.7 Å². The number of aromatic nitrogens is 1. The first-order valence-electron chi connectivity index (χ1n) is 12.5. The number of nitrogens with zero attached hydrogens (tertiary/aromatic N) is 3. The average Bonchev–Trinajstić information content (AvgIpc) is 3.42. The Kier molecular flexibility index (Phi) is 6.57. The molecule has 0 saturated carbocycles. The lowest BCUT2D eigenvalue weighted by molar-refractivity contribution is -0.384. The van der Waals surface area contributed by atoms with Gasteiger partial charge in [0, 0.05) is 45.1 Å². The fourth-order valence-electron chi connectivity index (χ4n) is 5.11. The van der Waals surface area contributed by atoms with Crippen LogP contribution in [-0.4, -0.2) is 26.5 Å². The molecule has 2 heterocycles. The van der Waals surface area contributed by atoms with Crippen LogP contribution in [0.15, 0.2) is 117 Å². The number of hydrogen-bond donors (Lipinski definition) is 1. The van der Waals surface area contributed by atoms with Crippen molar-refractivity contribution in [3.63, 3.8) is 0 Å². The predicted octanol–water partition coefficient (Wildman–Crippen LogP) is 6.86. The first-order chi connectivity index (χ1) is 19.4. The zero-order valence-electron chi connectivity index (χ0n) is 21.0. The van der Waals surface area contributed by atoms with E-state index in [1.807, 2.05) is 54.6 Å². The molecule has 8 nitrogen and oxygen atoms in total. The Hall–Kier alpha value is -4.89. The minimum absolute atomic E-state index is 0.0866. The summed E-state index contributed by atoms with van der Waals surface area (Å²) in [5, 5.41) is 18.4. The summed E-state index contributed by atoms with van der Waals surface area (Å²) in [6, 6.07) is 29.5. The maximum atomic E-state index is 13.7. The smallest absolute Gasteiger partial charge is 0.274 e. The molecule has 1 unspecified atom stereocenters. The van der Waals surface area contributed by atoms with Crippen molar-refractivity contribution < 1.29 is 9.72 Å². The molecule has 0 spiro atoms. The molecular weight excluding hydrogens is 572 g/mol. The van der Waals surface area contributed by atoms with E-state index < -0.39 is 11.0 Å². The number of benzene rings is 4. The van der Waals surface area contributed by atoms with Crippen molar-refractivity contribution >= 4 is 44.1 Å². The molecule has 40 heavy (non-hydrogen) atoms. The molecule has 5 aromatic rings. The van der Waals surface area contributed by atoms with Gasteiger partial charge in [0.05, 0.1) is 22.2 Å². The van der Waals surface area contributed by atoms with Gasteiger partial charge in [-0.2, -0.15) is 5.10 Å². The van der Waals surface area contributed by atoms with Crippen LogP contribution in [0.4, 0.5) is 5.69 Å². The number of fused-ring (bicyclic) bond motifs is 1. The van der Waals surface area contributed by atoms with Crippen molar-refractivity contribution in [1.29, 1.82) is 0 Å². The summed E-state index contributed by atoms with van der Waals surface area (Å²) in [5.74, 6) is -0.367. The molecule has 1 aliphatic rings. The second kappa shape index (κ2) is 10.3. The van der Waals surface area contributed by atoms with Crippen molar-refractivity contribution in [3.8, 4) is 11.1 Å². The molecule has 0 saturated heterocycles. The lowest BCUT2D eigenvalue weighted by Gasteiger charge is -2.22. The number of non-ortho nitro benzene ring substituents is 1. The highest BCUT2D eigenvalue weighted by atomic mass is 79.9. The molecule has 1 aliphatic heterocycles. The summed E-state index contributed by atoms with van der Waals surface area (Å²) in [7, 11) is 0. The second-order valence-electron chi connectivity index (χ2n) is 9.39. The normalized spacial score (nSPS) is 14.8. The second-order valence-corrected chi connectivity index (χ2v) is 10.3. The Morgan fingerprint density at radius 2 is 1.65 bits per heavy atom. The van der Waals surface area contributed by atoms with Crippen molar-refractivity contribution in [2.24, 2.45) is 5.10 Å². The van der Waals surface area contributed by atoms with E-state index in [0.29, 0.717) is 33.5 Å². The quantitative estimate of drug-likeness (QED) is 0.177. The van der Waals surface area contributed by atoms with Crippen LogP contribution >= 0.6 is 15.9 Å². The third kappa shape index (κ3) is 4.60. The van der Waals surface area contributed by atoms with Gasteiger partial charge >= 0.3 is 0 Å². The number of aromatic amines is 1. The number of nitro benzene ring substituents is 1. The van der Waals surface area contributed by atoms with E-state index in [2.05, 4.69) is 20.9 Å². The van der Waals surface area contributed by atoms with Gasteiger partial charge in [-0.25, -0.2) is 5.01 Å². The van der Waals surface area contributed by atoms with E-state index in [1.165, 1.54) is 17.1 Å². The summed E-state index contributed by atoms with van der Waals surface area (Å²) in [6.45, 7) is 0. The molecule has 196 valence electrons. The van der Waals surface area contributed by atoms with Crippen LogP contribution in [0.1, 0.15) is 33.9 Å². The Balaban J connectivity index is 1.57. The van der Waals surface area contributed by atoms with Crippen LogP contribution in [-0.2, 0) is 0 Å². The standard InChI is InChI=1S/C31H21BrN4O4/c32-22-14-15-25-24(17-22)28(19-8-3-1-4-9-19)29(30(37)33-25)26-18-27(21-12-7-13-23(16-21)36(39)40)35(34-26)31(38)20-10-5-2-6-11-20/h1-17,27H,18H2,(H,33,37). The number of amides is 1. The predicted molar refractivity (Wildman–Crippen MR) is 157 cm³/mol. The molecular formula is C31H21BrN4O4. The Morgan fingerprint density at radius 3 is 2.38 bits per heavy atom. The van der Waals surface area contributed by atoms with Crippen LogP contribution < -0.4 is 5.56 Å². The van der Waals surface area contributed by atoms with Crippen molar-refractivity contribution in [3.05, 3.63) is 145 Å². The Morgan fingerprint density at radius 1 is 0.925 bits per heavy atom. The molecule has 1 atom stereocenters. The van der Waals surface area contributed by atoms with Crippen molar-refractivity contribution in [1.82, 2.24) is 9.99 Å². The fraction of sp³-hybridized carbons (Fsp3) is 0.0645. The molecule has 0 bridgehead atoms. The first-order valence-corrected chi connectivity index (χ1v) is 13.3. The largest absolute Gasteiger partial charge is 0.321 e. The number of hydrogen-bond acceptors (Lipinski definition) is 5. The molecule has 9 heteroatoms. The van der Waals surface area contributed by atoms with Crippen LogP contribution in [0.3, 0.4) is 0 Å². The summed E-state index contributed by atoms with van der Waals surface area (Å²) >= 11 is 3.55. The van der Waals surface area contributed by atoms with Gasteiger partial charge in [-0.15, -0.1) is 0 Å².